The lowest BCUT2D eigenvalue weighted by atomic mass is 10.0. The lowest BCUT2D eigenvalue weighted by Crippen LogP contribution is -2.54. The maximum atomic E-state index is 11.9. The quantitative estimate of drug-likeness (QED) is 0.888. The van der Waals surface area contributed by atoms with Crippen molar-refractivity contribution in [3.8, 4) is 0 Å². The molecule has 1 amide bonds. The Kier molecular flexibility index (Phi) is 4.07. The molecule has 2 N–H and O–H groups in total. The summed E-state index contributed by atoms with van der Waals surface area (Å²) < 4.78 is 0.763. The Morgan fingerprint density at radius 3 is 2.82 bits per heavy atom. The number of halogens is 1. The molecule has 1 aromatic heterocycles. The van der Waals surface area contributed by atoms with E-state index in [0.717, 1.165) is 22.2 Å². The first-order chi connectivity index (χ1) is 8.06. The zero-order valence-electron chi connectivity index (χ0n) is 10.00. The highest BCUT2D eigenvalue weighted by molar-refractivity contribution is 7.16. The molecule has 1 saturated heterocycles. The van der Waals surface area contributed by atoms with Crippen molar-refractivity contribution in [2.24, 2.45) is 5.92 Å². The first kappa shape index (κ1) is 12.9. The number of amides is 1. The van der Waals surface area contributed by atoms with Crippen molar-refractivity contribution >= 4 is 28.8 Å². The monoisotopic (exact) mass is 272 g/mol. The largest absolute Gasteiger partial charge is 0.346 e. The Balaban J connectivity index is 1.97. The van der Waals surface area contributed by atoms with Crippen LogP contribution in [-0.4, -0.2) is 18.5 Å². The number of hydrogen-bond donors (Lipinski definition) is 2. The van der Waals surface area contributed by atoms with Gasteiger partial charge in [-0.05, 0) is 24.5 Å². The highest BCUT2D eigenvalue weighted by Crippen LogP contribution is 2.28. The smallest absolute Gasteiger partial charge is 0.237 e. The zero-order chi connectivity index (χ0) is 12.4. The summed E-state index contributed by atoms with van der Waals surface area (Å²) in [6, 6.07) is 3.85. The van der Waals surface area contributed by atoms with E-state index in [0.29, 0.717) is 5.92 Å². The van der Waals surface area contributed by atoms with Crippen molar-refractivity contribution in [3.63, 3.8) is 0 Å². The van der Waals surface area contributed by atoms with Crippen LogP contribution < -0.4 is 10.6 Å². The SMILES string of the molecule is CC(C)C[C@@H]1NC[C@H](c2ccc(Cl)s2)NC1=O. The molecule has 5 heteroatoms. The van der Waals surface area contributed by atoms with E-state index in [-0.39, 0.29) is 18.0 Å². The van der Waals surface area contributed by atoms with Crippen LogP contribution in [-0.2, 0) is 4.79 Å². The fourth-order valence-corrected chi connectivity index (χ4v) is 3.14. The third-order valence-corrected chi connectivity index (χ3v) is 4.19. The van der Waals surface area contributed by atoms with Crippen LogP contribution in [0.1, 0.15) is 31.2 Å². The van der Waals surface area contributed by atoms with Crippen LogP contribution in [0.4, 0.5) is 0 Å². The van der Waals surface area contributed by atoms with E-state index >= 15 is 0 Å². The lowest BCUT2D eigenvalue weighted by Gasteiger charge is -2.30. The molecule has 17 heavy (non-hydrogen) atoms. The molecular weight excluding hydrogens is 256 g/mol. The molecule has 1 fully saturated rings. The van der Waals surface area contributed by atoms with Crippen LogP contribution in [0, 0.1) is 5.92 Å². The van der Waals surface area contributed by atoms with E-state index in [1.807, 2.05) is 12.1 Å². The van der Waals surface area contributed by atoms with E-state index in [9.17, 15) is 4.79 Å². The van der Waals surface area contributed by atoms with Crippen molar-refractivity contribution in [2.75, 3.05) is 6.54 Å². The summed E-state index contributed by atoms with van der Waals surface area (Å²) in [5, 5.41) is 6.36. The Morgan fingerprint density at radius 2 is 2.29 bits per heavy atom. The minimum absolute atomic E-state index is 0.0540. The van der Waals surface area contributed by atoms with Gasteiger partial charge in [-0.1, -0.05) is 25.4 Å². The number of hydrogen-bond acceptors (Lipinski definition) is 3. The Bertz CT molecular complexity index is 405. The zero-order valence-corrected chi connectivity index (χ0v) is 11.6. The number of piperazine rings is 1. The van der Waals surface area contributed by atoms with E-state index in [1.165, 1.54) is 11.3 Å². The van der Waals surface area contributed by atoms with E-state index in [1.54, 1.807) is 0 Å². The second kappa shape index (κ2) is 5.38. The van der Waals surface area contributed by atoms with Gasteiger partial charge in [0.15, 0.2) is 0 Å². The minimum atomic E-state index is -0.0540. The fourth-order valence-electron chi connectivity index (χ4n) is 2.03. The summed E-state index contributed by atoms with van der Waals surface area (Å²) in [5.74, 6) is 0.616. The van der Waals surface area contributed by atoms with Crippen LogP contribution in [0.15, 0.2) is 12.1 Å². The highest BCUT2D eigenvalue weighted by Gasteiger charge is 2.29. The van der Waals surface area contributed by atoms with Crippen molar-refractivity contribution < 1.29 is 4.79 Å². The van der Waals surface area contributed by atoms with Gasteiger partial charge in [0, 0.05) is 11.4 Å². The molecule has 0 unspecified atom stereocenters. The molecule has 0 aromatic carbocycles. The van der Waals surface area contributed by atoms with Gasteiger partial charge in [-0.3, -0.25) is 4.79 Å². The Labute approximate surface area is 111 Å². The average molecular weight is 273 g/mol. The van der Waals surface area contributed by atoms with Crippen molar-refractivity contribution in [1.29, 1.82) is 0 Å². The molecule has 0 aliphatic carbocycles. The van der Waals surface area contributed by atoms with E-state index < -0.39 is 0 Å². The van der Waals surface area contributed by atoms with Gasteiger partial charge in [0.05, 0.1) is 16.4 Å². The molecule has 2 heterocycles. The molecule has 0 saturated carbocycles. The van der Waals surface area contributed by atoms with E-state index in [4.69, 9.17) is 11.6 Å². The first-order valence-electron chi connectivity index (χ1n) is 5.85. The molecule has 2 atom stereocenters. The Morgan fingerprint density at radius 1 is 1.53 bits per heavy atom. The van der Waals surface area contributed by atoms with Gasteiger partial charge in [-0.2, -0.15) is 0 Å². The third kappa shape index (κ3) is 3.21. The maximum Gasteiger partial charge on any atom is 0.237 e. The van der Waals surface area contributed by atoms with Gasteiger partial charge in [-0.15, -0.1) is 11.3 Å². The third-order valence-electron chi connectivity index (χ3n) is 2.85. The summed E-state index contributed by atoms with van der Waals surface area (Å²) in [7, 11) is 0. The van der Waals surface area contributed by atoms with Crippen LogP contribution in [0.5, 0.6) is 0 Å². The van der Waals surface area contributed by atoms with Crippen molar-refractivity contribution in [2.45, 2.75) is 32.4 Å². The summed E-state index contributed by atoms with van der Waals surface area (Å²) in [6.07, 6.45) is 0.879. The molecule has 0 radical (unpaired) electrons. The predicted molar refractivity (Wildman–Crippen MR) is 71.5 cm³/mol. The van der Waals surface area contributed by atoms with Gasteiger partial charge < -0.3 is 10.6 Å². The van der Waals surface area contributed by atoms with Crippen LogP contribution >= 0.6 is 22.9 Å². The topological polar surface area (TPSA) is 41.1 Å². The molecule has 1 aromatic rings. The van der Waals surface area contributed by atoms with Gasteiger partial charge in [-0.25, -0.2) is 0 Å². The summed E-state index contributed by atoms with van der Waals surface area (Å²) in [6.45, 7) is 5.03. The van der Waals surface area contributed by atoms with Gasteiger partial charge in [0.2, 0.25) is 5.91 Å². The van der Waals surface area contributed by atoms with Gasteiger partial charge in [0.25, 0.3) is 0 Å². The summed E-state index contributed by atoms with van der Waals surface area (Å²) >= 11 is 7.42. The van der Waals surface area contributed by atoms with Gasteiger partial charge in [0.1, 0.15) is 0 Å². The number of thiophene rings is 1. The standard InChI is InChI=1S/C12H17ClN2OS/c1-7(2)5-8-12(16)15-9(6-14-8)10-3-4-11(13)17-10/h3-4,7-9,14H,5-6H2,1-2H3,(H,15,16)/t8-,9+/m0/s1. The number of carbonyl (C=O) groups excluding carboxylic acids is 1. The molecule has 1 aliphatic heterocycles. The molecule has 94 valence electrons. The molecule has 0 spiro atoms. The highest BCUT2D eigenvalue weighted by atomic mass is 35.5. The van der Waals surface area contributed by atoms with Crippen LogP contribution in [0.25, 0.3) is 0 Å². The fraction of sp³-hybridized carbons (Fsp3) is 0.583. The molecule has 1 aliphatic rings. The predicted octanol–water partition coefficient (Wildman–Crippen LogP) is 2.58. The average Bonchev–Trinajstić information content (AvgIpc) is 2.67. The first-order valence-corrected chi connectivity index (χ1v) is 7.04. The molecule has 3 nitrogen and oxygen atoms in total. The van der Waals surface area contributed by atoms with Crippen LogP contribution in [0.3, 0.4) is 0 Å². The van der Waals surface area contributed by atoms with Gasteiger partial charge >= 0.3 is 0 Å². The van der Waals surface area contributed by atoms with E-state index in [2.05, 4.69) is 24.5 Å². The lowest BCUT2D eigenvalue weighted by molar-refractivity contribution is -0.125. The molecular formula is C12H17ClN2OS. The summed E-state index contributed by atoms with van der Waals surface area (Å²) in [5.41, 5.74) is 0. The number of nitrogens with one attached hydrogen (secondary N) is 2. The summed E-state index contributed by atoms with van der Waals surface area (Å²) in [4.78, 5) is 13.0. The Hall–Kier alpha value is -0.580. The minimum Gasteiger partial charge on any atom is -0.346 e. The van der Waals surface area contributed by atoms with Crippen molar-refractivity contribution in [3.05, 3.63) is 21.3 Å². The number of rotatable bonds is 3. The maximum absolute atomic E-state index is 11.9. The second-order valence-electron chi connectivity index (χ2n) is 4.79. The van der Waals surface area contributed by atoms with Crippen LogP contribution in [0.2, 0.25) is 4.34 Å². The number of carbonyl (C=O) groups is 1. The molecule has 0 bridgehead atoms. The molecule has 2 rings (SSSR count). The second-order valence-corrected chi connectivity index (χ2v) is 6.54. The normalized spacial score (nSPS) is 25.1. The van der Waals surface area contributed by atoms with Crippen molar-refractivity contribution in [1.82, 2.24) is 10.6 Å².